The fraction of sp³-hybridized carbons (Fsp3) is 0.357. The zero-order valence-electron chi connectivity index (χ0n) is 11.7. The number of hydrogen-bond acceptors (Lipinski definition) is 5. The lowest BCUT2D eigenvalue weighted by Crippen LogP contribution is -2.50. The first-order valence-electron chi connectivity index (χ1n) is 6.58. The van der Waals surface area contributed by atoms with Crippen molar-refractivity contribution in [3.63, 3.8) is 0 Å². The van der Waals surface area contributed by atoms with E-state index in [0.29, 0.717) is 37.7 Å². The number of nitrogens with two attached hydrogens (primary N) is 1. The predicted octanol–water partition coefficient (Wildman–Crippen LogP) is 0.00710. The minimum absolute atomic E-state index is 0.323. The summed E-state index contributed by atoms with van der Waals surface area (Å²) in [5.41, 5.74) is 6.41. The third-order valence-corrected chi connectivity index (χ3v) is 3.15. The highest BCUT2D eigenvalue weighted by Gasteiger charge is 2.31. The molecular formula is C14H17N3O4. The Labute approximate surface area is 122 Å². The van der Waals surface area contributed by atoms with Crippen LogP contribution in [0.4, 0.5) is 11.4 Å². The van der Waals surface area contributed by atoms with Gasteiger partial charge in [-0.25, -0.2) is 4.90 Å². The van der Waals surface area contributed by atoms with E-state index in [-0.39, 0.29) is 0 Å². The van der Waals surface area contributed by atoms with Crippen LogP contribution in [0.25, 0.3) is 0 Å². The monoisotopic (exact) mass is 291 g/mol. The van der Waals surface area contributed by atoms with Gasteiger partial charge in [-0.15, -0.1) is 0 Å². The van der Waals surface area contributed by atoms with Gasteiger partial charge in [-0.3, -0.25) is 14.4 Å². The summed E-state index contributed by atoms with van der Waals surface area (Å²) in [6, 6.07) is 6.19. The molecule has 0 bridgehead atoms. The molecule has 112 valence electrons. The number of nitrogen functional groups attached to an aromatic ring is 1. The highest BCUT2D eigenvalue weighted by atomic mass is 16.5. The quantitative estimate of drug-likeness (QED) is 0.581. The summed E-state index contributed by atoms with van der Waals surface area (Å²) in [5.74, 6) is -2.09. The number of benzene rings is 1. The Kier molecular flexibility index (Phi) is 4.54. The number of rotatable bonds is 1. The van der Waals surface area contributed by atoms with Gasteiger partial charge in [0.2, 0.25) is 5.91 Å². The van der Waals surface area contributed by atoms with Crippen LogP contribution in [0.1, 0.15) is 6.92 Å². The summed E-state index contributed by atoms with van der Waals surface area (Å²) in [6.45, 7) is 2.71. The van der Waals surface area contributed by atoms with Crippen molar-refractivity contribution in [3.8, 4) is 0 Å². The minimum Gasteiger partial charge on any atom is -0.399 e. The molecule has 0 spiro atoms. The Morgan fingerprint density at radius 3 is 2.24 bits per heavy atom. The van der Waals surface area contributed by atoms with Crippen LogP contribution in [-0.4, -0.2) is 48.9 Å². The van der Waals surface area contributed by atoms with E-state index < -0.39 is 17.7 Å². The normalized spacial score (nSPS) is 14.6. The number of amides is 3. The number of morpholine rings is 1. The van der Waals surface area contributed by atoms with E-state index in [1.807, 2.05) is 0 Å². The van der Waals surface area contributed by atoms with Gasteiger partial charge in [0, 0.05) is 25.7 Å². The highest BCUT2D eigenvalue weighted by molar-refractivity contribution is 6.45. The Bertz CT molecular complexity index is 550. The van der Waals surface area contributed by atoms with Crippen LogP contribution in [0.3, 0.4) is 0 Å². The number of carbonyl (C=O) groups is 3. The molecule has 0 aliphatic carbocycles. The van der Waals surface area contributed by atoms with Crippen molar-refractivity contribution in [2.75, 3.05) is 36.9 Å². The molecule has 0 unspecified atom stereocenters. The molecule has 7 nitrogen and oxygen atoms in total. The fourth-order valence-corrected chi connectivity index (χ4v) is 2.06. The lowest BCUT2D eigenvalue weighted by molar-refractivity contribution is -0.148. The van der Waals surface area contributed by atoms with Crippen LogP contribution in [0, 0.1) is 0 Å². The smallest absolute Gasteiger partial charge is 0.323 e. The molecule has 0 atom stereocenters. The third kappa shape index (κ3) is 3.38. The van der Waals surface area contributed by atoms with E-state index in [4.69, 9.17) is 10.5 Å². The molecule has 0 aromatic heterocycles. The lowest BCUT2D eigenvalue weighted by atomic mass is 10.2. The average Bonchev–Trinajstić information content (AvgIpc) is 2.49. The van der Waals surface area contributed by atoms with Gasteiger partial charge in [0.25, 0.3) is 0 Å². The summed E-state index contributed by atoms with van der Waals surface area (Å²) < 4.78 is 5.14. The first kappa shape index (κ1) is 15.0. The van der Waals surface area contributed by atoms with Crippen LogP contribution >= 0.6 is 0 Å². The zero-order chi connectivity index (χ0) is 15.4. The highest BCUT2D eigenvalue weighted by Crippen LogP contribution is 2.17. The van der Waals surface area contributed by atoms with Crippen LogP contribution < -0.4 is 10.6 Å². The van der Waals surface area contributed by atoms with Crippen molar-refractivity contribution >= 4 is 29.1 Å². The Hall–Kier alpha value is -2.41. The molecule has 1 aromatic carbocycles. The standard InChI is InChI=1S/C14H17N3O4/c1-10(18)17(12-4-2-11(15)3-5-12)14(20)13(19)16-6-8-21-9-7-16/h2-5H,6-9,15H2,1H3. The molecule has 0 radical (unpaired) electrons. The first-order chi connectivity index (χ1) is 10.0. The van der Waals surface area contributed by atoms with E-state index >= 15 is 0 Å². The molecule has 1 fully saturated rings. The van der Waals surface area contributed by atoms with Gasteiger partial charge < -0.3 is 15.4 Å². The van der Waals surface area contributed by atoms with Crippen molar-refractivity contribution in [3.05, 3.63) is 24.3 Å². The van der Waals surface area contributed by atoms with Crippen LogP contribution in [0.15, 0.2) is 24.3 Å². The number of anilines is 2. The maximum absolute atomic E-state index is 12.3. The maximum atomic E-state index is 12.3. The van der Waals surface area contributed by atoms with Gasteiger partial charge in [0.1, 0.15) is 0 Å². The van der Waals surface area contributed by atoms with Crippen molar-refractivity contribution in [2.45, 2.75) is 6.92 Å². The van der Waals surface area contributed by atoms with Crippen molar-refractivity contribution < 1.29 is 19.1 Å². The van der Waals surface area contributed by atoms with E-state index in [1.54, 1.807) is 12.1 Å². The van der Waals surface area contributed by atoms with Crippen molar-refractivity contribution in [1.82, 2.24) is 4.90 Å². The molecule has 1 heterocycles. The molecule has 1 saturated heterocycles. The Morgan fingerprint density at radius 1 is 1.14 bits per heavy atom. The van der Waals surface area contributed by atoms with E-state index in [9.17, 15) is 14.4 Å². The van der Waals surface area contributed by atoms with Gasteiger partial charge in [-0.05, 0) is 24.3 Å². The Balaban J connectivity index is 2.21. The summed E-state index contributed by atoms with van der Waals surface area (Å²) in [6.07, 6.45) is 0. The zero-order valence-corrected chi connectivity index (χ0v) is 11.7. The lowest BCUT2D eigenvalue weighted by Gasteiger charge is -2.28. The van der Waals surface area contributed by atoms with Crippen molar-refractivity contribution in [2.24, 2.45) is 0 Å². The molecule has 1 aromatic rings. The average molecular weight is 291 g/mol. The second kappa shape index (κ2) is 6.36. The summed E-state index contributed by atoms with van der Waals surface area (Å²) in [4.78, 5) is 38.5. The van der Waals surface area contributed by atoms with Gasteiger partial charge in [0.05, 0.1) is 18.9 Å². The maximum Gasteiger partial charge on any atom is 0.323 e. The summed E-state index contributed by atoms with van der Waals surface area (Å²) >= 11 is 0. The second-order valence-corrected chi connectivity index (χ2v) is 4.66. The largest absolute Gasteiger partial charge is 0.399 e. The number of ether oxygens (including phenoxy) is 1. The van der Waals surface area contributed by atoms with Crippen LogP contribution in [0.5, 0.6) is 0 Å². The molecule has 2 N–H and O–H groups in total. The topological polar surface area (TPSA) is 92.9 Å². The third-order valence-electron chi connectivity index (χ3n) is 3.15. The molecular weight excluding hydrogens is 274 g/mol. The van der Waals surface area contributed by atoms with Gasteiger partial charge in [-0.2, -0.15) is 0 Å². The van der Waals surface area contributed by atoms with E-state index in [2.05, 4.69) is 0 Å². The SMILES string of the molecule is CC(=O)N(C(=O)C(=O)N1CCOCC1)c1ccc(N)cc1. The molecule has 0 saturated carbocycles. The fourth-order valence-electron chi connectivity index (χ4n) is 2.06. The van der Waals surface area contributed by atoms with E-state index in [1.165, 1.54) is 24.0 Å². The van der Waals surface area contributed by atoms with Gasteiger partial charge in [0.15, 0.2) is 0 Å². The predicted molar refractivity (Wildman–Crippen MR) is 76.4 cm³/mol. The Morgan fingerprint density at radius 2 is 1.71 bits per heavy atom. The number of nitrogens with zero attached hydrogens (tertiary/aromatic N) is 2. The molecule has 2 rings (SSSR count). The molecule has 1 aliphatic heterocycles. The van der Waals surface area contributed by atoms with Gasteiger partial charge >= 0.3 is 11.8 Å². The molecule has 3 amide bonds. The number of hydrogen-bond donors (Lipinski definition) is 1. The molecule has 21 heavy (non-hydrogen) atoms. The summed E-state index contributed by atoms with van der Waals surface area (Å²) in [7, 11) is 0. The molecule has 7 heteroatoms. The minimum atomic E-state index is -0.867. The van der Waals surface area contributed by atoms with Gasteiger partial charge in [-0.1, -0.05) is 0 Å². The van der Waals surface area contributed by atoms with Crippen molar-refractivity contribution in [1.29, 1.82) is 0 Å². The number of imide groups is 1. The number of carbonyl (C=O) groups excluding carboxylic acids is 3. The first-order valence-corrected chi connectivity index (χ1v) is 6.58. The van der Waals surface area contributed by atoms with E-state index in [0.717, 1.165) is 4.90 Å². The summed E-state index contributed by atoms with van der Waals surface area (Å²) in [5, 5.41) is 0. The van der Waals surface area contributed by atoms with Crippen LogP contribution in [0.2, 0.25) is 0 Å². The molecule has 1 aliphatic rings. The second-order valence-electron chi connectivity index (χ2n) is 4.66. The van der Waals surface area contributed by atoms with Crippen LogP contribution in [-0.2, 0) is 19.1 Å².